The zero-order valence-electron chi connectivity index (χ0n) is 18.3. The Balaban J connectivity index is 1.89. The summed E-state index contributed by atoms with van der Waals surface area (Å²) in [6.07, 6.45) is 3.60. The second-order valence-corrected chi connectivity index (χ2v) is 7.77. The fraction of sp³-hybridized carbons (Fsp3) is 0.185. The zero-order valence-corrected chi connectivity index (χ0v) is 18.3. The average Bonchev–Trinajstić information content (AvgIpc) is 2.83. The van der Waals surface area contributed by atoms with Crippen LogP contribution in [0.1, 0.15) is 37.2 Å². The highest BCUT2D eigenvalue weighted by molar-refractivity contribution is 5.88. The van der Waals surface area contributed by atoms with E-state index in [1.54, 1.807) is 6.20 Å². The summed E-state index contributed by atoms with van der Waals surface area (Å²) in [6.45, 7) is 8.07. The molecule has 4 rings (SSSR count). The molecule has 4 aromatic rings. The van der Waals surface area contributed by atoms with Crippen molar-refractivity contribution in [3.8, 4) is 22.4 Å². The van der Waals surface area contributed by atoms with E-state index in [1.165, 1.54) is 10.9 Å². The molecule has 0 aliphatic rings. The number of hydrogen-bond acceptors (Lipinski definition) is 4. The van der Waals surface area contributed by atoms with Crippen LogP contribution in [-0.4, -0.2) is 17.0 Å². The van der Waals surface area contributed by atoms with E-state index >= 15 is 0 Å². The van der Waals surface area contributed by atoms with Gasteiger partial charge in [-0.25, -0.2) is 0 Å². The van der Waals surface area contributed by atoms with Crippen molar-refractivity contribution in [1.82, 2.24) is 20.6 Å². The lowest BCUT2D eigenvalue weighted by atomic mass is 9.96. The van der Waals surface area contributed by atoms with Crippen molar-refractivity contribution < 1.29 is 0 Å². The van der Waals surface area contributed by atoms with Gasteiger partial charge in [0.1, 0.15) is 0 Å². The third-order valence-corrected chi connectivity index (χ3v) is 5.73. The van der Waals surface area contributed by atoms with Crippen LogP contribution in [-0.2, 0) is 0 Å². The lowest BCUT2D eigenvalue weighted by molar-refractivity contribution is 0.656. The van der Waals surface area contributed by atoms with Crippen molar-refractivity contribution in [3.63, 3.8) is 0 Å². The Bertz CT molecular complexity index is 1200. The van der Waals surface area contributed by atoms with Crippen LogP contribution >= 0.6 is 0 Å². The molecule has 4 nitrogen and oxygen atoms in total. The summed E-state index contributed by atoms with van der Waals surface area (Å²) < 4.78 is 0. The maximum Gasteiger partial charge on any atom is 0.0712 e. The van der Waals surface area contributed by atoms with E-state index in [2.05, 4.69) is 84.6 Å². The maximum absolute atomic E-state index is 4.94. The first-order valence-electron chi connectivity index (χ1n) is 10.6. The number of pyridine rings is 2. The maximum atomic E-state index is 4.94. The van der Waals surface area contributed by atoms with E-state index in [9.17, 15) is 0 Å². The molecule has 0 fully saturated rings. The minimum atomic E-state index is 0.0573. The lowest BCUT2D eigenvalue weighted by Crippen LogP contribution is -2.13. The lowest BCUT2D eigenvalue weighted by Gasteiger charge is -2.17. The predicted molar refractivity (Wildman–Crippen MR) is 130 cm³/mol. The van der Waals surface area contributed by atoms with Gasteiger partial charge in [0.15, 0.2) is 0 Å². The van der Waals surface area contributed by atoms with Crippen LogP contribution in [0.4, 0.5) is 0 Å². The largest absolute Gasteiger partial charge is 0.383 e. The van der Waals surface area contributed by atoms with Crippen molar-refractivity contribution in [1.29, 1.82) is 0 Å². The third kappa shape index (κ3) is 4.35. The molecule has 2 unspecified atom stereocenters. The molecule has 0 amide bonds. The molecular formula is C27H28N4. The Morgan fingerprint density at radius 3 is 2.42 bits per heavy atom. The zero-order chi connectivity index (χ0) is 21.8. The number of nitrogens with one attached hydrogen (secondary N) is 2. The molecule has 2 N–H and O–H groups in total. The van der Waals surface area contributed by atoms with Gasteiger partial charge in [0, 0.05) is 23.2 Å². The minimum absolute atomic E-state index is 0.0573. The van der Waals surface area contributed by atoms with E-state index in [0.29, 0.717) is 0 Å². The molecule has 2 atom stereocenters. The summed E-state index contributed by atoms with van der Waals surface area (Å²) in [5.74, 6) is 0. The minimum Gasteiger partial charge on any atom is -0.383 e. The third-order valence-electron chi connectivity index (χ3n) is 5.73. The van der Waals surface area contributed by atoms with E-state index < -0.39 is 0 Å². The van der Waals surface area contributed by atoms with Crippen molar-refractivity contribution in [2.75, 3.05) is 7.05 Å². The van der Waals surface area contributed by atoms with Gasteiger partial charge in [-0.15, -0.1) is 0 Å². The molecule has 0 aliphatic heterocycles. The molecule has 0 saturated heterocycles. The molecule has 2 aromatic carbocycles. The van der Waals surface area contributed by atoms with Gasteiger partial charge in [0.25, 0.3) is 0 Å². The van der Waals surface area contributed by atoms with Crippen LogP contribution in [0.3, 0.4) is 0 Å². The Labute approximate surface area is 184 Å². The van der Waals surface area contributed by atoms with Crippen molar-refractivity contribution in [2.24, 2.45) is 0 Å². The summed E-state index contributed by atoms with van der Waals surface area (Å²) in [7, 11) is 1.98. The Kier molecular flexibility index (Phi) is 6.10. The first-order valence-corrected chi connectivity index (χ1v) is 10.6. The SMILES string of the molecule is C=CNC(C)c1cc(-c2ccc3nccc(C(C)NC)c3c2)cc(-c2ccccc2)n1. The second-order valence-electron chi connectivity index (χ2n) is 7.77. The highest BCUT2D eigenvalue weighted by atomic mass is 14.9. The molecule has 156 valence electrons. The van der Waals surface area contributed by atoms with Gasteiger partial charge in [0.2, 0.25) is 0 Å². The number of benzene rings is 2. The van der Waals surface area contributed by atoms with Gasteiger partial charge in [-0.2, -0.15) is 0 Å². The summed E-state index contributed by atoms with van der Waals surface area (Å²) in [6, 6.07) is 23.5. The van der Waals surface area contributed by atoms with Crippen LogP contribution in [0.5, 0.6) is 0 Å². The number of fused-ring (bicyclic) bond motifs is 1. The normalized spacial score (nSPS) is 13.0. The van der Waals surface area contributed by atoms with E-state index in [1.807, 2.05) is 31.4 Å². The molecule has 0 saturated carbocycles. The standard InChI is InChI=1S/C27H28N4/c1-5-29-19(3)26-16-22(17-27(31-26)20-9-7-6-8-10-20)21-11-12-25-24(15-21)23(13-14-30-25)18(2)28-4/h5-19,28-29H,1H2,2-4H3. The van der Waals surface area contributed by atoms with Gasteiger partial charge in [-0.1, -0.05) is 43.0 Å². The number of nitrogens with zero attached hydrogens (tertiary/aromatic N) is 2. The van der Waals surface area contributed by atoms with E-state index in [0.717, 1.165) is 33.6 Å². The summed E-state index contributed by atoms with van der Waals surface area (Å²) in [5.41, 5.74) is 7.57. The molecule has 0 spiro atoms. The van der Waals surface area contributed by atoms with Gasteiger partial charge in [-0.05, 0) is 74.1 Å². The summed E-state index contributed by atoms with van der Waals surface area (Å²) in [5, 5.41) is 7.77. The number of aromatic nitrogens is 2. The van der Waals surface area contributed by atoms with Crippen molar-refractivity contribution in [3.05, 3.63) is 97.0 Å². The topological polar surface area (TPSA) is 49.8 Å². The Morgan fingerprint density at radius 2 is 1.68 bits per heavy atom. The first-order chi connectivity index (χ1) is 15.1. The van der Waals surface area contributed by atoms with E-state index in [4.69, 9.17) is 4.98 Å². The summed E-state index contributed by atoms with van der Waals surface area (Å²) in [4.78, 5) is 9.50. The molecule has 31 heavy (non-hydrogen) atoms. The van der Waals surface area contributed by atoms with Crippen molar-refractivity contribution >= 4 is 10.9 Å². The van der Waals surface area contributed by atoms with Crippen LogP contribution in [0.2, 0.25) is 0 Å². The molecular weight excluding hydrogens is 380 g/mol. The quantitative estimate of drug-likeness (QED) is 0.391. The van der Waals surface area contributed by atoms with Crippen LogP contribution in [0.15, 0.2) is 85.7 Å². The number of hydrogen-bond donors (Lipinski definition) is 2. The van der Waals surface area contributed by atoms with Gasteiger partial charge in [0.05, 0.1) is 22.9 Å². The first kappa shape index (κ1) is 20.8. The molecule has 0 radical (unpaired) electrons. The Hall–Kier alpha value is -3.50. The smallest absolute Gasteiger partial charge is 0.0712 e. The fourth-order valence-corrected chi connectivity index (χ4v) is 3.84. The fourth-order valence-electron chi connectivity index (χ4n) is 3.84. The van der Waals surface area contributed by atoms with Gasteiger partial charge < -0.3 is 10.6 Å². The highest BCUT2D eigenvalue weighted by Gasteiger charge is 2.13. The Morgan fingerprint density at radius 1 is 0.871 bits per heavy atom. The molecule has 0 aliphatic carbocycles. The number of rotatable bonds is 7. The molecule has 2 heterocycles. The monoisotopic (exact) mass is 408 g/mol. The van der Waals surface area contributed by atoms with Gasteiger partial charge >= 0.3 is 0 Å². The molecule has 0 bridgehead atoms. The second kappa shape index (κ2) is 9.11. The average molecular weight is 409 g/mol. The highest BCUT2D eigenvalue weighted by Crippen LogP contribution is 2.31. The van der Waals surface area contributed by atoms with Crippen molar-refractivity contribution in [2.45, 2.75) is 25.9 Å². The van der Waals surface area contributed by atoms with Crippen LogP contribution in [0.25, 0.3) is 33.3 Å². The van der Waals surface area contributed by atoms with E-state index in [-0.39, 0.29) is 12.1 Å². The molecule has 4 heteroatoms. The predicted octanol–water partition coefficient (Wildman–Crippen LogP) is 6.04. The van der Waals surface area contributed by atoms with Crippen LogP contribution < -0.4 is 10.6 Å². The van der Waals surface area contributed by atoms with Gasteiger partial charge in [-0.3, -0.25) is 9.97 Å². The molecule has 2 aromatic heterocycles. The van der Waals surface area contributed by atoms with Crippen LogP contribution in [0, 0.1) is 0 Å². The summed E-state index contributed by atoms with van der Waals surface area (Å²) >= 11 is 0.